The molecule has 0 saturated heterocycles. The third-order valence-corrected chi connectivity index (χ3v) is 4.03. The Labute approximate surface area is 128 Å². The van der Waals surface area contributed by atoms with Gasteiger partial charge in [0.15, 0.2) is 0 Å². The van der Waals surface area contributed by atoms with Gasteiger partial charge < -0.3 is 15.5 Å². The highest BCUT2D eigenvalue weighted by Crippen LogP contribution is 2.39. The Morgan fingerprint density at radius 2 is 1.81 bits per heavy atom. The summed E-state index contributed by atoms with van der Waals surface area (Å²) in [6.07, 6.45) is 2.44. The lowest BCUT2D eigenvalue weighted by atomic mass is 10.0. The van der Waals surface area contributed by atoms with Gasteiger partial charge in [-0.2, -0.15) is 0 Å². The van der Waals surface area contributed by atoms with Crippen molar-refractivity contribution in [1.82, 2.24) is 14.9 Å². The van der Waals surface area contributed by atoms with E-state index in [0.29, 0.717) is 17.9 Å². The lowest BCUT2D eigenvalue weighted by Crippen LogP contribution is -2.37. The van der Waals surface area contributed by atoms with Crippen molar-refractivity contribution in [2.24, 2.45) is 5.92 Å². The molecular weight excluding hydrogens is 262 g/mol. The maximum atomic E-state index is 4.79. The molecule has 0 spiro atoms. The average molecular weight is 291 g/mol. The van der Waals surface area contributed by atoms with Gasteiger partial charge in [-0.15, -0.1) is 0 Å². The highest BCUT2D eigenvalue weighted by molar-refractivity contribution is 5.57. The van der Waals surface area contributed by atoms with Crippen molar-refractivity contribution in [2.45, 2.75) is 45.6 Å². The third kappa shape index (κ3) is 4.06. The van der Waals surface area contributed by atoms with Crippen LogP contribution in [0.1, 0.15) is 44.0 Å². The fraction of sp³-hybridized carbons (Fsp3) is 0.750. The van der Waals surface area contributed by atoms with E-state index in [-0.39, 0.29) is 0 Å². The zero-order chi connectivity index (χ0) is 15.6. The molecule has 1 unspecified atom stereocenters. The highest BCUT2D eigenvalue weighted by atomic mass is 15.1. The number of nitrogens with zero attached hydrogens (tertiary/aromatic N) is 3. The van der Waals surface area contributed by atoms with Gasteiger partial charge in [0.25, 0.3) is 0 Å². The fourth-order valence-corrected chi connectivity index (χ4v) is 2.43. The predicted molar refractivity (Wildman–Crippen MR) is 89.1 cm³/mol. The molecule has 0 aliphatic heterocycles. The summed E-state index contributed by atoms with van der Waals surface area (Å²) in [5, 5.41) is 6.84. The summed E-state index contributed by atoms with van der Waals surface area (Å²) in [5.41, 5.74) is 1.10. The summed E-state index contributed by atoms with van der Waals surface area (Å²) in [5.74, 6) is 4.02. The molecule has 2 rings (SSSR count). The van der Waals surface area contributed by atoms with Crippen molar-refractivity contribution < 1.29 is 0 Å². The van der Waals surface area contributed by atoms with E-state index in [4.69, 9.17) is 4.98 Å². The van der Waals surface area contributed by atoms with Crippen LogP contribution in [0.2, 0.25) is 0 Å². The topological polar surface area (TPSA) is 53.1 Å². The molecule has 5 nitrogen and oxygen atoms in total. The van der Waals surface area contributed by atoms with Gasteiger partial charge in [0.1, 0.15) is 17.5 Å². The Hall–Kier alpha value is -1.36. The van der Waals surface area contributed by atoms with Crippen LogP contribution in [-0.4, -0.2) is 48.6 Å². The fourth-order valence-electron chi connectivity index (χ4n) is 2.43. The number of nitrogens with one attached hydrogen (secondary N) is 2. The van der Waals surface area contributed by atoms with Gasteiger partial charge in [-0.3, -0.25) is 0 Å². The van der Waals surface area contributed by atoms with Crippen molar-refractivity contribution in [3.63, 3.8) is 0 Å². The Balaban J connectivity index is 2.26. The first-order valence-electron chi connectivity index (χ1n) is 7.90. The Kier molecular flexibility index (Phi) is 5.04. The minimum absolute atomic E-state index is 0.380. The Bertz CT molecular complexity index is 480. The number of hydrogen-bond acceptors (Lipinski definition) is 5. The summed E-state index contributed by atoms with van der Waals surface area (Å²) in [6.45, 7) is 7.57. The van der Waals surface area contributed by atoms with Crippen LogP contribution < -0.4 is 10.6 Å². The maximum Gasteiger partial charge on any atom is 0.136 e. The second kappa shape index (κ2) is 6.60. The molecule has 0 radical (unpaired) electrons. The van der Waals surface area contributed by atoms with Crippen LogP contribution in [-0.2, 0) is 0 Å². The number of likely N-dealkylation sites (N-methyl/N-ethyl adjacent to an activating group) is 1. The summed E-state index contributed by atoms with van der Waals surface area (Å²) in [4.78, 5) is 11.7. The minimum Gasteiger partial charge on any atom is -0.373 e. The molecule has 1 heterocycles. The van der Waals surface area contributed by atoms with Gasteiger partial charge in [0.2, 0.25) is 0 Å². The van der Waals surface area contributed by atoms with Crippen LogP contribution >= 0.6 is 0 Å². The van der Waals surface area contributed by atoms with Gasteiger partial charge in [-0.05, 0) is 39.8 Å². The zero-order valence-electron chi connectivity index (χ0n) is 14.2. The molecule has 5 heteroatoms. The molecule has 1 atom stereocenters. The number of anilines is 2. The molecule has 1 aromatic heterocycles. The lowest BCUT2D eigenvalue weighted by molar-refractivity contribution is 0.344. The quantitative estimate of drug-likeness (QED) is 0.809. The smallest absolute Gasteiger partial charge is 0.136 e. The molecule has 1 saturated carbocycles. The second-order valence-corrected chi connectivity index (χ2v) is 6.69. The van der Waals surface area contributed by atoms with Gasteiger partial charge >= 0.3 is 0 Å². The summed E-state index contributed by atoms with van der Waals surface area (Å²) in [7, 11) is 6.15. The van der Waals surface area contributed by atoms with E-state index < -0.39 is 0 Å². The Morgan fingerprint density at radius 3 is 2.29 bits per heavy atom. The molecule has 1 aliphatic carbocycles. The summed E-state index contributed by atoms with van der Waals surface area (Å²) in [6, 6.07) is 0.380. The molecule has 1 fully saturated rings. The molecule has 2 N–H and O–H groups in total. The van der Waals surface area contributed by atoms with Crippen LogP contribution in [0.3, 0.4) is 0 Å². The number of aromatic nitrogens is 2. The molecule has 1 aliphatic rings. The van der Waals surface area contributed by atoms with Gasteiger partial charge in [0.05, 0.1) is 0 Å². The molecule has 0 amide bonds. The molecule has 0 bridgehead atoms. The SMILES string of the molecule is CNc1nc(C2CC2)nc(NC(CN(C)C)C(C)C)c1C. The maximum absolute atomic E-state index is 4.79. The standard InChI is InChI=1S/C16H29N5/c1-10(2)13(9-21(5)6)18-15-11(3)14(17-4)19-16(20-15)12-7-8-12/h10,12-13H,7-9H2,1-6H3,(H2,17,18,19,20). The van der Waals surface area contributed by atoms with E-state index in [9.17, 15) is 0 Å². The normalized spacial score (nSPS) is 16.4. The van der Waals surface area contributed by atoms with E-state index in [1.165, 1.54) is 12.8 Å². The van der Waals surface area contributed by atoms with E-state index >= 15 is 0 Å². The second-order valence-electron chi connectivity index (χ2n) is 6.69. The largest absolute Gasteiger partial charge is 0.373 e. The van der Waals surface area contributed by atoms with Crippen LogP contribution in [0.25, 0.3) is 0 Å². The molecule has 1 aromatic rings. The van der Waals surface area contributed by atoms with Crippen LogP contribution in [0.5, 0.6) is 0 Å². The van der Waals surface area contributed by atoms with Crippen molar-refractivity contribution in [3.05, 3.63) is 11.4 Å². The number of hydrogen-bond donors (Lipinski definition) is 2. The van der Waals surface area contributed by atoms with Crippen LogP contribution in [0.15, 0.2) is 0 Å². The minimum atomic E-state index is 0.380. The summed E-state index contributed by atoms with van der Waals surface area (Å²) >= 11 is 0. The van der Waals surface area contributed by atoms with Crippen molar-refractivity contribution in [2.75, 3.05) is 38.3 Å². The van der Waals surface area contributed by atoms with E-state index in [2.05, 4.69) is 55.4 Å². The van der Waals surface area contributed by atoms with Gasteiger partial charge in [0, 0.05) is 31.1 Å². The van der Waals surface area contributed by atoms with Crippen LogP contribution in [0, 0.1) is 12.8 Å². The predicted octanol–water partition coefficient (Wildman–Crippen LogP) is 2.70. The first-order valence-corrected chi connectivity index (χ1v) is 7.90. The van der Waals surface area contributed by atoms with Crippen molar-refractivity contribution in [1.29, 1.82) is 0 Å². The zero-order valence-corrected chi connectivity index (χ0v) is 14.2. The first-order chi connectivity index (χ1) is 9.92. The van der Waals surface area contributed by atoms with Crippen LogP contribution in [0.4, 0.5) is 11.6 Å². The van der Waals surface area contributed by atoms with E-state index in [1.807, 2.05) is 7.05 Å². The average Bonchev–Trinajstić information content (AvgIpc) is 3.23. The molecule has 0 aromatic carbocycles. The third-order valence-electron chi connectivity index (χ3n) is 4.03. The number of rotatable bonds is 7. The molecule has 118 valence electrons. The van der Waals surface area contributed by atoms with Crippen molar-refractivity contribution in [3.8, 4) is 0 Å². The first kappa shape index (κ1) is 16.0. The molecular formula is C16H29N5. The lowest BCUT2D eigenvalue weighted by Gasteiger charge is -2.27. The summed E-state index contributed by atoms with van der Waals surface area (Å²) < 4.78 is 0. The highest BCUT2D eigenvalue weighted by Gasteiger charge is 2.28. The van der Waals surface area contributed by atoms with Gasteiger partial charge in [-0.1, -0.05) is 13.8 Å². The van der Waals surface area contributed by atoms with Gasteiger partial charge in [-0.25, -0.2) is 9.97 Å². The molecule has 21 heavy (non-hydrogen) atoms. The Morgan fingerprint density at radius 1 is 1.19 bits per heavy atom. The van der Waals surface area contributed by atoms with Crippen molar-refractivity contribution >= 4 is 11.6 Å². The monoisotopic (exact) mass is 291 g/mol. The van der Waals surface area contributed by atoms with E-state index in [1.54, 1.807) is 0 Å². The van der Waals surface area contributed by atoms with E-state index in [0.717, 1.165) is 29.6 Å².